The van der Waals surface area contributed by atoms with Gasteiger partial charge < -0.3 is 15.6 Å². The van der Waals surface area contributed by atoms with Crippen molar-refractivity contribution in [2.75, 3.05) is 0 Å². The molecular weight excluding hydrogens is 422 g/mol. The Balaban J connectivity index is 1.75. The molecule has 1 aromatic carbocycles. The van der Waals surface area contributed by atoms with E-state index in [0.717, 1.165) is 27.3 Å². The van der Waals surface area contributed by atoms with Crippen molar-refractivity contribution in [3.8, 4) is 16.3 Å². The first-order chi connectivity index (χ1) is 14.3. The van der Waals surface area contributed by atoms with E-state index in [2.05, 4.69) is 4.98 Å². The molecule has 0 aliphatic heterocycles. The number of carbonyl (C=O) groups is 1. The molecule has 0 aliphatic rings. The van der Waals surface area contributed by atoms with Crippen LogP contribution in [0.2, 0.25) is 5.02 Å². The van der Waals surface area contributed by atoms with Crippen LogP contribution in [0.1, 0.15) is 46.9 Å². The molecular formula is C22H20ClN3O3S. The standard InChI is InChI=1S/C22H20ClN3O3S/c1-12(27)14-7-8-20-25-10-17(26(20)11-14)19-9-18(21(30-19)22(24)28)29-13(2)15-5-3-4-6-16(15)23/h3-13,27H,1-2H3,(H2,24,28)/t12?,13-/m1/s1. The van der Waals surface area contributed by atoms with E-state index in [-0.39, 0.29) is 6.10 Å². The molecule has 0 fully saturated rings. The van der Waals surface area contributed by atoms with E-state index in [0.29, 0.717) is 15.6 Å². The highest BCUT2D eigenvalue weighted by atomic mass is 35.5. The SMILES string of the molecule is CC(O)c1ccc2ncc(-c3cc(O[C@H](C)c4ccccc4Cl)c(C(N)=O)s3)n2c1. The highest BCUT2D eigenvalue weighted by molar-refractivity contribution is 7.17. The number of benzene rings is 1. The predicted molar refractivity (Wildman–Crippen MR) is 118 cm³/mol. The maximum atomic E-state index is 12.1. The lowest BCUT2D eigenvalue weighted by atomic mass is 10.1. The molecule has 0 saturated carbocycles. The summed E-state index contributed by atoms with van der Waals surface area (Å²) in [6, 6.07) is 12.9. The van der Waals surface area contributed by atoms with Gasteiger partial charge >= 0.3 is 0 Å². The van der Waals surface area contributed by atoms with Crippen LogP contribution < -0.4 is 10.5 Å². The fourth-order valence-electron chi connectivity index (χ4n) is 3.24. The van der Waals surface area contributed by atoms with Gasteiger partial charge in [-0.05, 0) is 31.5 Å². The van der Waals surface area contributed by atoms with Crippen LogP contribution in [0.15, 0.2) is 54.9 Å². The summed E-state index contributed by atoms with van der Waals surface area (Å²) in [5, 5.41) is 10.5. The van der Waals surface area contributed by atoms with Gasteiger partial charge in [-0.15, -0.1) is 11.3 Å². The average molecular weight is 442 g/mol. The zero-order chi connectivity index (χ0) is 21.4. The van der Waals surface area contributed by atoms with E-state index in [1.807, 2.05) is 47.9 Å². The number of halogens is 1. The summed E-state index contributed by atoms with van der Waals surface area (Å²) in [7, 11) is 0. The Morgan fingerprint density at radius 1 is 1.27 bits per heavy atom. The second-order valence-electron chi connectivity index (χ2n) is 6.96. The third-order valence-corrected chi connectivity index (χ3v) is 6.33. The fraction of sp³-hybridized carbons (Fsp3) is 0.182. The number of aromatic nitrogens is 2. The Morgan fingerprint density at radius 2 is 2.03 bits per heavy atom. The first-order valence-electron chi connectivity index (χ1n) is 9.35. The van der Waals surface area contributed by atoms with E-state index in [9.17, 15) is 9.90 Å². The van der Waals surface area contributed by atoms with Crippen LogP contribution in [-0.4, -0.2) is 20.4 Å². The van der Waals surface area contributed by atoms with E-state index in [1.54, 1.807) is 25.3 Å². The third kappa shape index (κ3) is 3.79. The Labute approximate surface area is 182 Å². The van der Waals surface area contributed by atoms with E-state index in [4.69, 9.17) is 22.1 Å². The van der Waals surface area contributed by atoms with Gasteiger partial charge in [0.05, 0.1) is 22.9 Å². The summed E-state index contributed by atoms with van der Waals surface area (Å²) in [6.45, 7) is 3.57. The number of hydrogen-bond donors (Lipinski definition) is 2. The number of aliphatic hydroxyl groups excluding tert-OH is 1. The molecule has 0 radical (unpaired) electrons. The summed E-state index contributed by atoms with van der Waals surface area (Å²) in [5.74, 6) is -0.164. The van der Waals surface area contributed by atoms with Gasteiger partial charge in [0, 0.05) is 22.8 Å². The molecule has 0 saturated heterocycles. The zero-order valence-corrected chi connectivity index (χ0v) is 17.9. The summed E-state index contributed by atoms with van der Waals surface area (Å²) in [6.07, 6.45) is 2.57. The smallest absolute Gasteiger partial charge is 0.262 e. The molecule has 30 heavy (non-hydrogen) atoms. The van der Waals surface area contributed by atoms with Crippen molar-refractivity contribution < 1.29 is 14.6 Å². The van der Waals surface area contributed by atoms with Crippen molar-refractivity contribution >= 4 is 34.5 Å². The number of thiophene rings is 1. The topological polar surface area (TPSA) is 89.8 Å². The fourth-order valence-corrected chi connectivity index (χ4v) is 4.48. The van der Waals surface area contributed by atoms with Gasteiger partial charge in [0.25, 0.3) is 5.91 Å². The summed E-state index contributed by atoms with van der Waals surface area (Å²) < 4.78 is 7.96. The van der Waals surface area contributed by atoms with Crippen LogP contribution >= 0.6 is 22.9 Å². The first kappa shape index (κ1) is 20.4. The molecule has 4 aromatic rings. The molecule has 1 unspecified atom stereocenters. The minimum atomic E-state index is -0.607. The van der Waals surface area contributed by atoms with Crippen molar-refractivity contribution in [3.05, 3.63) is 75.9 Å². The maximum Gasteiger partial charge on any atom is 0.262 e. The molecule has 3 heterocycles. The number of carbonyl (C=O) groups excluding carboxylic acids is 1. The van der Waals surface area contributed by atoms with E-state index < -0.39 is 12.0 Å². The van der Waals surface area contributed by atoms with Crippen LogP contribution in [-0.2, 0) is 0 Å². The van der Waals surface area contributed by atoms with Crippen molar-refractivity contribution in [1.82, 2.24) is 9.38 Å². The molecule has 4 rings (SSSR count). The maximum absolute atomic E-state index is 12.1. The van der Waals surface area contributed by atoms with Crippen LogP contribution in [0.25, 0.3) is 16.2 Å². The number of pyridine rings is 1. The zero-order valence-electron chi connectivity index (χ0n) is 16.4. The van der Waals surface area contributed by atoms with Crippen molar-refractivity contribution in [1.29, 1.82) is 0 Å². The molecule has 2 atom stereocenters. The molecule has 3 aromatic heterocycles. The lowest BCUT2D eigenvalue weighted by Crippen LogP contribution is -2.12. The van der Waals surface area contributed by atoms with Gasteiger partial charge in [-0.25, -0.2) is 4.98 Å². The number of amides is 1. The van der Waals surface area contributed by atoms with Crippen LogP contribution in [0.4, 0.5) is 0 Å². The number of nitrogens with two attached hydrogens (primary N) is 1. The van der Waals surface area contributed by atoms with Gasteiger partial charge in [-0.3, -0.25) is 9.20 Å². The highest BCUT2D eigenvalue weighted by Gasteiger charge is 2.21. The van der Waals surface area contributed by atoms with Crippen molar-refractivity contribution in [2.45, 2.75) is 26.1 Å². The summed E-state index contributed by atoms with van der Waals surface area (Å²) in [4.78, 5) is 17.6. The Kier molecular flexibility index (Phi) is 5.51. The lowest BCUT2D eigenvalue weighted by molar-refractivity contribution is 0.0998. The molecule has 8 heteroatoms. The number of fused-ring (bicyclic) bond motifs is 1. The molecule has 0 spiro atoms. The second-order valence-corrected chi connectivity index (χ2v) is 8.42. The van der Waals surface area contributed by atoms with Crippen molar-refractivity contribution in [3.63, 3.8) is 0 Å². The predicted octanol–water partition coefficient (Wildman–Crippen LogP) is 5.01. The quantitative estimate of drug-likeness (QED) is 0.440. The molecule has 0 aliphatic carbocycles. The van der Waals surface area contributed by atoms with E-state index >= 15 is 0 Å². The molecule has 3 N–H and O–H groups in total. The Hall–Kier alpha value is -2.87. The average Bonchev–Trinajstić information content (AvgIpc) is 3.31. The number of ether oxygens (including phenoxy) is 1. The van der Waals surface area contributed by atoms with Crippen LogP contribution in [0, 0.1) is 0 Å². The van der Waals surface area contributed by atoms with Crippen molar-refractivity contribution in [2.24, 2.45) is 5.73 Å². The molecule has 6 nitrogen and oxygen atoms in total. The Morgan fingerprint density at radius 3 is 2.73 bits per heavy atom. The molecule has 0 bridgehead atoms. The van der Waals surface area contributed by atoms with Gasteiger partial charge in [0.2, 0.25) is 0 Å². The largest absolute Gasteiger partial charge is 0.484 e. The lowest BCUT2D eigenvalue weighted by Gasteiger charge is -2.16. The van der Waals surface area contributed by atoms with Gasteiger partial charge in [-0.1, -0.05) is 35.9 Å². The number of nitrogens with zero attached hydrogens (tertiary/aromatic N) is 2. The van der Waals surface area contributed by atoms with Gasteiger partial charge in [0.15, 0.2) is 0 Å². The monoisotopic (exact) mass is 441 g/mol. The number of rotatable bonds is 6. The van der Waals surface area contributed by atoms with Gasteiger partial charge in [0.1, 0.15) is 22.4 Å². The molecule has 1 amide bonds. The number of primary amides is 1. The first-order valence-corrected chi connectivity index (χ1v) is 10.5. The summed E-state index contributed by atoms with van der Waals surface area (Å²) >= 11 is 7.52. The molecule has 154 valence electrons. The number of imidazole rings is 1. The Bertz CT molecular complexity index is 1230. The minimum absolute atomic E-state index is 0.325. The number of aliphatic hydroxyl groups is 1. The second kappa shape index (κ2) is 8.10. The van der Waals surface area contributed by atoms with Crippen LogP contribution in [0.3, 0.4) is 0 Å². The minimum Gasteiger partial charge on any atom is -0.484 e. The highest BCUT2D eigenvalue weighted by Crippen LogP contribution is 2.39. The van der Waals surface area contributed by atoms with Gasteiger partial charge in [-0.2, -0.15) is 0 Å². The number of hydrogen-bond acceptors (Lipinski definition) is 5. The van der Waals surface area contributed by atoms with Crippen LogP contribution in [0.5, 0.6) is 5.75 Å². The summed E-state index contributed by atoms with van der Waals surface area (Å²) in [5.41, 5.74) is 8.70. The van der Waals surface area contributed by atoms with E-state index in [1.165, 1.54) is 11.3 Å². The normalized spacial score (nSPS) is 13.3. The third-order valence-electron chi connectivity index (χ3n) is 4.83.